The average molecular weight is 368 g/mol. The number of rotatable bonds is 6. The van der Waals surface area contributed by atoms with Crippen molar-refractivity contribution in [3.63, 3.8) is 0 Å². The van der Waals surface area contributed by atoms with Crippen LogP contribution in [0.15, 0.2) is 60.7 Å². The third-order valence-electron chi connectivity index (χ3n) is 3.93. The van der Waals surface area contributed by atoms with Crippen LogP contribution < -0.4 is 10.6 Å². The number of hydrogen-bond acceptors (Lipinski definition) is 3. The van der Waals surface area contributed by atoms with E-state index in [4.69, 9.17) is 4.74 Å². The minimum atomic E-state index is -0.769. The maximum atomic E-state index is 12.6. The highest BCUT2D eigenvalue weighted by molar-refractivity contribution is 5.84. The predicted molar refractivity (Wildman–Crippen MR) is 106 cm³/mol. The quantitative estimate of drug-likeness (QED) is 0.757. The van der Waals surface area contributed by atoms with E-state index in [-0.39, 0.29) is 6.04 Å². The number of ether oxygens (including phenoxy) is 1. The number of carbonyl (C=O) groups excluding carboxylic acids is 2. The van der Waals surface area contributed by atoms with Gasteiger partial charge in [-0.05, 0) is 38.8 Å². The van der Waals surface area contributed by atoms with Gasteiger partial charge in [0.05, 0.1) is 6.04 Å². The Morgan fingerprint density at radius 3 is 2.04 bits per heavy atom. The molecule has 0 unspecified atom stereocenters. The number of carbonyl (C=O) groups is 2. The molecule has 2 N–H and O–H groups in total. The van der Waals surface area contributed by atoms with Crippen molar-refractivity contribution >= 4 is 12.0 Å². The first-order valence-electron chi connectivity index (χ1n) is 9.13. The topological polar surface area (TPSA) is 67.4 Å². The molecule has 2 aromatic rings. The monoisotopic (exact) mass is 368 g/mol. The summed E-state index contributed by atoms with van der Waals surface area (Å²) in [6.07, 6.45) is 0.364. The lowest BCUT2D eigenvalue weighted by molar-refractivity contribution is -0.157. The van der Waals surface area contributed by atoms with Gasteiger partial charge < -0.3 is 15.4 Å². The van der Waals surface area contributed by atoms with Crippen molar-refractivity contribution in [2.45, 2.75) is 51.8 Å². The zero-order valence-corrected chi connectivity index (χ0v) is 16.4. The summed E-state index contributed by atoms with van der Waals surface area (Å²) in [7, 11) is 0. The van der Waals surface area contributed by atoms with Crippen LogP contribution >= 0.6 is 0 Å². The highest BCUT2D eigenvalue weighted by atomic mass is 16.6. The van der Waals surface area contributed by atoms with Crippen LogP contribution in [0.3, 0.4) is 0 Å². The lowest BCUT2D eigenvalue weighted by atomic mass is 10.1. The average Bonchev–Trinajstić information content (AvgIpc) is 2.61. The van der Waals surface area contributed by atoms with E-state index in [1.165, 1.54) is 0 Å². The fraction of sp³-hybridized carbons (Fsp3) is 0.364. The van der Waals surface area contributed by atoms with E-state index in [2.05, 4.69) is 10.6 Å². The molecule has 144 valence electrons. The number of esters is 1. The summed E-state index contributed by atoms with van der Waals surface area (Å²) < 4.78 is 5.48. The molecule has 0 saturated heterocycles. The van der Waals surface area contributed by atoms with Gasteiger partial charge in [0.2, 0.25) is 0 Å². The molecule has 5 heteroatoms. The molecule has 0 saturated carbocycles. The number of nitrogens with one attached hydrogen (secondary N) is 2. The summed E-state index contributed by atoms with van der Waals surface area (Å²) in [5.41, 5.74) is 1.32. The van der Waals surface area contributed by atoms with Crippen molar-refractivity contribution in [2.24, 2.45) is 0 Å². The number of urea groups is 1. The second kappa shape index (κ2) is 9.21. The molecule has 0 radical (unpaired) electrons. The van der Waals surface area contributed by atoms with Gasteiger partial charge in [-0.3, -0.25) is 0 Å². The Balaban J connectivity index is 2.05. The molecule has 0 spiro atoms. The van der Waals surface area contributed by atoms with Crippen LogP contribution in [0.25, 0.3) is 0 Å². The van der Waals surface area contributed by atoms with Gasteiger partial charge in [-0.2, -0.15) is 0 Å². The number of hydrogen-bond donors (Lipinski definition) is 2. The first kappa shape index (κ1) is 20.5. The highest BCUT2D eigenvalue weighted by Gasteiger charge is 2.27. The number of amides is 2. The van der Waals surface area contributed by atoms with Crippen LogP contribution in [0.5, 0.6) is 0 Å². The summed E-state index contributed by atoms with van der Waals surface area (Å²) in [4.78, 5) is 25.1. The molecule has 2 atom stereocenters. The molecule has 2 amide bonds. The van der Waals surface area contributed by atoms with Gasteiger partial charge in [-0.15, -0.1) is 0 Å². The van der Waals surface area contributed by atoms with Crippen molar-refractivity contribution in [1.82, 2.24) is 10.6 Å². The van der Waals surface area contributed by atoms with Crippen molar-refractivity contribution in [3.8, 4) is 0 Å². The van der Waals surface area contributed by atoms with E-state index < -0.39 is 23.6 Å². The van der Waals surface area contributed by atoms with Crippen molar-refractivity contribution in [1.29, 1.82) is 0 Å². The second-order valence-corrected chi connectivity index (χ2v) is 7.53. The minimum absolute atomic E-state index is 0.179. The molecule has 0 aliphatic carbocycles. The third kappa shape index (κ3) is 7.13. The molecule has 0 aromatic heterocycles. The SMILES string of the molecule is C[C@H](NC(=O)N[C@@H](Cc1ccccc1)C(=O)OC(C)(C)C)c1ccccc1. The Hall–Kier alpha value is -2.82. The van der Waals surface area contributed by atoms with Crippen LogP contribution in [0.2, 0.25) is 0 Å². The molecule has 0 aliphatic heterocycles. The fourth-order valence-corrected chi connectivity index (χ4v) is 2.64. The van der Waals surface area contributed by atoms with E-state index in [1.54, 1.807) is 0 Å². The second-order valence-electron chi connectivity index (χ2n) is 7.53. The molecule has 5 nitrogen and oxygen atoms in total. The summed E-state index contributed by atoms with van der Waals surface area (Å²) >= 11 is 0. The molecule has 0 heterocycles. The Morgan fingerprint density at radius 2 is 1.48 bits per heavy atom. The Labute approximate surface area is 161 Å². The van der Waals surface area contributed by atoms with E-state index in [9.17, 15) is 9.59 Å². The molecule has 0 fully saturated rings. The van der Waals surface area contributed by atoms with Crippen molar-refractivity contribution in [2.75, 3.05) is 0 Å². The maximum Gasteiger partial charge on any atom is 0.329 e. The summed E-state index contributed by atoms with van der Waals surface area (Å²) in [6, 6.07) is 17.9. The van der Waals surface area contributed by atoms with Crippen LogP contribution in [0.4, 0.5) is 4.79 Å². The van der Waals surface area contributed by atoms with E-state index in [0.29, 0.717) is 6.42 Å². The summed E-state index contributed by atoms with van der Waals surface area (Å²) in [5.74, 6) is -0.450. The highest BCUT2D eigenvalue weighted by Crippen LogP contribution is 2.13. The van der Waals surface area contributed by atoms with E-state index >= 15 is 0 Å². The largest absolute Gasteiger partial charge is 0.458 e. The Kier molecular flexibility index (Phi) is 6.99. The molecule has 0 aliphatic rings. The van der Waals surface area contributed by atoms with Crippen molar-refractivity contribution in [3.05, 3.63) is 71.8 Å². The molecular weight excluding hydrogens is 340 g/mol. The fourth-order valence-electron chi connectivity index (χ4n) is 2.64. The van der Waals surface area contributed by atoms with Crippen LogP contribution in [-0.4, -0.2) is 23.6 Å². The normalized spacial score (nSPS) is 13.3. The molecule has 0 bridgehead atoms. The van der Waals surface area contributed by atoms with Gasteiger partial charge in [0.1, 0.15) is 11.6 Å². The van der Waals surface area contributed by atoms with Gasteiger partial charge in [0.25, 0.3) is 0 Å². The van der Waals surface area contributed by atoms with E-state index in [0.717, 1.165) is 11.1 Å². The van der Waals surface area contributed by atoms with Gasteiger partial charge in [0, 0.05) is 6.42 Å². The minimum Gasteiger partial charge on any atom is -0.458 e. The lowest BCUT2D eigenvalue weighted by Crippen LogP contribution is -2.49. The van der Waals surface area contributed by atoms with Gasteiger partial charge in [0.15, 0.2) is 0 Å². The Bertz CT molecular complexity index is 739. The van der Waals surface area contributed by atoms with Gasteiger partial charge in [-0.1, -0.05) is 60.7 Å². The molecule has 2 rings (SSSR count). The maximum absolute atomic E-state index is 12.6. The predicted octanol–water partition coefficient (Wildman–Crippen LogP) is 4.00. The zero-order chi connectivity index (χ0) is 19.9. The van der Waals surface area contributed by atoms with Crippen LogP contribution in [0.1, 0.15) is 44.9 Å². The lowest BCUT2D eigenvalue weighted by Gasteiger charge is -2.25. The molecular formula is C22H28N2O3. The third-order valence-corrected chi connectivity index (χ3v) is 3.93. The Morgan fingerprint density at radius 1 is 0.926 bits per heavy atom. The van der Waals surface area contributed by atoms with Gasteiger partial charge >= 0.3 is 12.0 Å². The van der Waals surface area contributed by atoms with Crippen molar-refractivity contribution < 1.29 is 14.3 Å². The molecule has 27 heavy (non-hydrogen) atoms. The molecule has 2 aromatic carbocycles. The first-order chi connectivity index (χ1) is 12.7. The summed E-state index contributed by atoms with van der Waals surface area (Å²) in [6.45, 7) is 7.32. The van der Waals surface area contributed by atoms with E-state index in [1.807, 2.05) is 88.4 Å². The number of benzene rings is 2. The zero-order valence-electron chi connectivity index (χ0n) is 16.4. The summed E-state index contributed by atoms with van der Waals surface area (Å²) in [5, 5.41) is 5.64. The first-order valence-corrected chi connectivity index (χ1v) is 9.13. The smallest absolute Gasteiger partial charge is 0.329 e. The van der Waals surface area contributed by atoms with Gasteiger partial charge in [-0.25, -0.2) is 9.59 Å². The standard InChI is InChI=1S/C22H28N2O3/c1-16(18-13-9-6-10-14-18)23-21(26)24-19(20(25)27-22(2,3)4)15-17-11-7-5-8-12-17/h5-14,16,19H,15H2,1-4H3,(H2,23,24,26)/t16-,19-/m0/s1. The van der Waals surface area contributed by atoms with Crippen LogP contribution in [0, 0.1) is 0 Å². The van der Waals surface area contributed by atoms with Crippen LogP contribution in [-0.2, 0) is 16.0 Å².